The van der Waals surface area contributed by atoms with Gasteiger partial charge in [0.1, 0.15) is 18.0 Å². The summed E-state index contributed by atoms with van der Waals surface area (Å²) < 4.78 is 17.4. The van der Waals surface area contributed by atoms with E-state index in [1.54, 1.807) is 7.11 Å². The molecule has 0 aromatic heterocycles. The highest BCUT2D eigenvalue weighted by Crippen LogP contribution is 2.31. The Morgan fingerprint density at radius 3 is 2.84 bits per heavy atom. The van der Waals surface area contributed by atoms with Gasteiger partial charge in [-0.2, -0.15) is 0 Å². The van der Waals surface area contributed by atoms with Crippen LogP contribution in [0.25, 0.3) is 0 Å². The maximum absolute atomic E-state index is 9.72. The van der Waals surface area contributed by atoms with E-state index < -0.39 is 6.10 Å². The summed E-state index contributed by atoms with van der Waals surface area (Å²) in [6, 6.07) is 5.91. The number of aliphatic hydroxyl groups excluding tert-OH is 1. The third-order valence-corrected chi connectivity index (χ3v) is 3.74. The van der Waals surface area contributed by atoms with Gasteiger partial charge in [0, 0.05) is 18.0 Å². The molecule has 3 unspecified atom stereocenters. The van der Waals surface area contributed by atoms with Gasteiger partial charge < -0.3 is 19.3 Å². The van der Waals surface area contributed by atoms with E-state index in [-0.39, 0.29) is 12.2 Å². The third kappa shape index (κ3) is 3.69. The Labute approximate surface area is 121 Å². The minimum Gasteiger partial charge on any atom is -0.487 e. The van der Waals surface area contributed by atoms with Gasteiger partial charge in [0.2, 0.25) is 0 Å². The van der Waals surface area contributed by atoms with Crippen molar-refractivity contribution in [1.29, 1.82) is 0 Å². The molecule has 2 rings (SSSR count). The fourth-order valence-electron chi connectivity index (χ4n) is 2.02. The van der Waals surface area contributed by atoms with Gasteiger partial charge in [0.25, 0.3) is 0 Å². The first-order chi connectivity index (χ1) is 9.11. The molecule has 0 radical (unpaired) electrons. The number of benzene rings is 1. The molecule has 1 N–H and O–H groups in total. The van der Waals surface area contributed by atoms with E-state index in [0.717, 1.165) is 15.8 Å². The smallest absolute Gasteiger partial charge is 0.130 e. The lowest BCUT2D eigenvalue weighted by molar-refractivity contribution is -0.167. The summed E-state index contributed by atoms with van der Waals surface area (Å²) in [7, 11) is 1.62. The van der Waals surface area contributed by atoms with Gasteiger partial charge in [-0.25, -0.2) is 0 Å². The van der Waals surface area contributed by atoms with E-state index in [1.165, 1.54) is 0 Å². The zero-order valence-corrected chi connectivity index (χ0v) is 12.7. The van der Waals surface area contributed by atoms with Gasteiger partial charge in [-0.05, 0) is 24.6 Å². The SMILES string of the molecule is COCCOC1C(O)CC1Oc1cc(Br)ccc1C. The zero-order chi connectivity index (χ0) is 13.8. The molecule has 1 fully saturated rings. The lowest BCUT2D eigenvalue weighted by Gasteiger charge is -2.41. The standard InChI is InChI=1S/C14H19BrO4/c1-9-3-4-10(15)7-12(9)19-13-8-11(16)14(13)18-6-5-17-2/h3-4,7,11,13-14,16H,5-6,8H2,1-2H3. The van der Waals surface area contributed by atoms with Gasteiger partial charge in [0.15, 0.2) is 0 Å². The second-order valence-corrected chi connectivity index (χ2v) is 5.61. The van der Waals surface area contributed by atoms with Crippen LogP contribution in [-0.2, 0) is 9.47 Å². The number of hydrogen-bond acceptors (Lipinski definition) is 4. The van der Waals surface area contributed by atoms with Crippen molar-refractivity contribution >= 4 is 15.9 Å². The first-order valence-corrected chi connectivity index (χ1v) is 7.12. The molecule has 0 aliphatic heterocycles. The summed E-state index contributed by atoms with van der Waals surface area (Å²) in [5.41, 5.74) is 1.07. The number of hydrogen-bond donors (Lipinski definition) is 1. The molecule has 1 aromatic rings. The monoisotopic (exact) mass is 330 g/mol. The number of ether oxygens (including phenoxy) is 3. The van der Waals surface area contributed by atoms with Crippen LogP contribution in [-0.4, -0.2) is 43.7 Å². The Kier molecular flexibility index (Phi) is 5.21. The molecule has 0 amide bonds. The van der Waals surface area contributed by atoms with Gasteiger partial charge in [-0.3, -0.25) is 0 Å². The molecule has 5 heteroatoms. The number of halogens is 1. The summed E-state index contributed by atoms with van der Waals surface area (Å²) in [6.07, 6.45) is -0.216. The Balaban J connectivity index is 1.93. The molecule has 3 atom stereocenters. The molecule has 4 nitrogen and oxygen atoms in total. The highest BCUT2D eigenvalue weighted by molar-refractivity contribution is 9.10. The number of aliphatic hydroxyl groups is 1. The average molecular weight is 331 g/mol. The van der Waals surface area contributed by atoms with Crippen molar-refractivity contribution in [3.8, 4) is 5.75 Å². The van der Waals surface area contributed by atoms with Crippen molar-refractivity contribution in [2.24, 2.45) is 0 Å². The molecule has 1 aliphatic carbocycles. The minimum atomic E-state index is -0.450. The van der Waals surface area contributed by atoms with E-state index in [0.29, 0.717) is 19.6 Å². The highest BCUT2D eigenvalue weighted by atomic mass is 79.9. The van der Waals surface area contributed by atoms with Crippen LogP contribution in [0.1, 0.15) is 12.0 Å². The second kappa shape index (κ2) is 6.70. The van der Waals surface area contributed by atoms with E-state index >= 15 is 0 Å². The molecular formula is C14H19BrO4. The number of aryl methyl sites for hydroxylation is 1. The van der Waals surface area contributed by atoms with Gasteiger partial charge >= 0.3 is 0 Å². The largest absolute Gasteiger partial charge is 0.487 e. The van der Waals surface area contributed by atoms with Gasteiger partial charge in [-0.15, -0.1) is 0 Å². The van der Waals surface area contributed by atoms with Gasteiger partial charge in [0.05, 0.1) is 19.3 Å². The molecule has 1 aliphatic rings. The lowest BCUT2D eigenvalue weighted by Crippen LogP contribution is -2.55. The normalized spacial score (nSPS) is 26.0. The second-order valence-electron chi connectivity index (χ2n) is 4.70. The van der Waals surface area contributed by atoms with Gasteiger partial charge in [-0.1, -0.05) is 22.0 Å². The summed E-state index contributed by atoms with van der Waals surface area (Å²) >= 11 is 3.43. The summed E-state index contributed by atoms with van der Waals surface area (Å²) in [5.74, 6) is 0.826. The van der Waals surface area contributed by atoms with E-state index in [1.807, 2.05) is 25.1 Å². The van der Waals surface area contributed by atoms with E-state index in [2.05, 4.69) is 15.9 Å². The molecule has 1 aromatic carbocycles. The van der Waals surface area contributed by atoms with Crippen LogP contribution >= 0.6 is 15.9 Å². The summed E-state index contributed by atoms with van der Waals surface area (Å²) in [6.45, 7) is 2.99. The topological polar surface area (TPSA) is 47.9 Å². The maximum atomic E-state index is 9.72. The predicted octanol–water partition coefficient (Wildman–Crippen LogP) is 2.30. The Morgan fingerprint density at radius 1 is 1.37 bits per heavy atom. The average Bonchev–Trinajstić information content (AvgIpc) is 2.38. The van der Waals surface area contributed by atoms with Crippen molar-refractivity contribution in [2.45, 2.75) is 31.7 Å². The fraction of sp³-hybridized carbons (Fsp3) is 0.571. The number of methoxy groups -OCH3 is 1. The molecule has 1 saturated carbocycles. The quantitative estimate of drug-likeness (QED) is 0.813. The Morgan fingerprint density at radius 2 is 2.16 bits per heavy atom. The van der Waals surface area contributed by atoms with Crippen LogP contribution in [0.2, 0.25) is 0 Å². The Bertz CT molecular complexity index is 424. The molecular weight excluding hydrogens is 312 g/mol. The Hall–Kier alpha value is -0.620. The first kappa shape index (κ1) is 14.8. The van der Waals surface area contributed by atoms with Crippen LogP contribution in [0.5, 0.6) is 5.75 Å². The van der Waals surface area contributed by atoms with Crippen molar-refractivity contribution in [2.75, 3.05) is 20.3 Å². The third-order valence-electron chi connectivity index (χ3n) is 3.25. The summed E-state index contributed by atoms with van der Waals surface area (Å²) in [4.78, 5) is 0. The molecule has 0 saturated heterocycles. The minimum absolute atomic E-state index is 0.0974. The molecule has 106 valence electrons. The zero-order valence-electron chi connectivity index (χ0n) is 11.1. The van der Waals surface area contributed by atoms with Crippen LogP contribution in [0.4, 0.5) is 0 Å². The van der Waals surface area contributed by atoms with Crippen molar-refractivity contribution in [1.82, 2.24) is 0 Å². The van der Waals surface area contributed by atoms with Crippen LogP contribution in [0.15, 0.2) is 22.7 Å². The van der Waals surface area contributed by atoms with Crippen molar-refractivity contribution in [3.05, 3.63) is 28.2 Å². The highest BCUT2D eigenvalue weighted by Gasteiger charge is 2.43. The van der Waals surface area contributed by atoms with Crippen LogP contribution in [0, 0.1) is 6.92 Å². The molecule has 19 heavy (non-hydrogen) atoms. The maximum Gasteiger partial charge on any atom is 0.130 e. The van der Waals surface area contributed by atoms with Crippen molar-refractivity contribution in [3.63, 3.8) is 0 Å². The lowest BCUT2D eigenvalue weighted by atomic mass is 9.88. The summed E-state index contributed by atoms with van der Waals surface area (Å²) in [5, 5.41) is 9.72. The van der Waals surface area contributed by atoms with Crippen molar-refractivity contribution < 1.29 is 19.3 Å². The van der Waals surface area contributed by atoms with E-state index in [4.69, 9.17) is 14.2 Å². The molecule has 0 heterocycles. The first-order valence-electron chi connectivity index (χ1n) is 6.33. The predicted molar refractivity (Wildman–Crippen MR) is 75.5 cm³/mol. The van der Waals surface area contributed by atoms with Crippen LogP contribution in [0.3, 0.4) is 0 Å². The number of rotatable bonds is 6. The van der Waals surface area contributed by atoms with E-state index in [9.17, 15) is 5.11 Å². The van der Waals surface area contributed by atoms with Crippen LogP contribution < -0.4 is 4.74 Å². The molecule has 0 bridgehead atoms. The molecule has 0 spiro atoms. The fourth-order valence-corrected chi connectivity index (χ4v) is 2.36.